The summed E-state index contributed by atoms with van der Waals surface area (Å²) in [5.74, 6) is 0.694. The Morgan fingerprint density at radius 3 is 2.47 bits per heavy atom. The Balaban J connectivity index is 1.46. The minimum absolute atomic E-state index is 0.0207. The summed E-state index contributed by atoms with van der Waals surface area (Å²) in [6.45, 7) is 1.37. The number of nitrogens with one attached hydrogen (secondary N) is 2. The van der Waals surface area contributed by atoms with E-state index >= 15 is 0 Å². The Kier molecular flexibility index (Phi) is 6.30. The van der Waals surface area contributed by atoms with Crippen LogP contribution in [0.1, 0.15) is 36.0 Å². The number of hydrogen-bond donors (Lipinski definition) is 2. The number of sulfonamides is 1. The van der Waals surface area contributed by atoms with Crippen LogP contribution in [0.5, 0.6) is 11.5 Å². The van der Waals surface area contributed by atoms with E-state index < -0.39 is 10.0 Å². The van der Waals surface area contributed by atoms with Gasteiger partial charge in [0.2, 0.25) is 0 Å². The van der Waals surface area contributed by atoms with Crippen LogP contribution in [-0.2, 0) is 10.0 Å². The van der Waals surface area contributed by atoms with Crippen molar-refractivity contribution < 1.29 is 22.7 Å². The van der Waals surface area contributed by atoms with Gasteiger partial charge in [-0.1, -0.05) is 18.9 Å². The third kappa shape index (κ3) is 4.68. The molecule has 0 unspecified atom stereocenters. The molecule has 1 aliphatic heterocycles. The van der Waals surface area contributed by atoms with Gasteiger partial charge in [-0.15, -0.1) is 0 Å². The summed E-state index contributed by atoms with van der Waals surface area (Å²) in [5.41, 5.74) is 0.697. The third-order valence-corrected chi connectivity index (χ3v) is 7.64. The first-order chi connectivity index (χ1) is 15.3. The molecule has 0 radical (unpaired) electrons. The number of rotatable bonds is 7. The number of benzene rings is 2. The zero-order chi connectivity index (χ0) is 22.8. The fourth-order valence-corrected chi connectivity index (χ4v) is 5.36. The average Bonchev–Trinajstić information content (AvgIpc) is 3.27. The molecule has 2 aromatic rings. The fourth-order valence-electron chi connectivity index (χ4n) is 4.29. The smallest absolute Gasteiger partial charge is 0.262 e. The Hall–Kier alpha value is -2.78. The van der Waals surface area contributed by atoms with Crippen molar-refractivity contribution in [2.45, 2.75) is 36.1 Å². The highest BCUT2D eigenvalue weighted by Crippen LogP contribution is 2.34. The lowest BCUT2D eigenvalue weighted by Gasteiger charge is -2.36. The van der Waals surface area contributed by atoms with Gasteiger partial charge in [0, 0.05) is 29.4 Å². The maximum atomic E-state index is 12.9. The van der Waals surface area contributed by atoms with Gasteiger partial charge in [0.05, 0.1) is 4.90 Å². The van der Waals surface area contributed by atoms with Crippen molar-refractivity contribution in [3.8, 4) is 11.5 Å². The lowest BCUT2D eigenvalue weighted by Crippen LogP contribution is -2.50. The topological polar surface area (TPSA) is 97.0 Å². The fraction of sp³-hybridized carbons (Fsp3) is 0.435. The van der Waals surface area contributed by atoms with Crippen LogP contribution in [0.25, 0.3) is 0 Å². The number of amides is 1. The van der Waals surface area contributed by atoms with Gasteiger partial charge in [-0.3, -0.25) is 9.52 Å². The van der Waals surface area contributed by atoms with Gasteiger partial charge >= 0.3 is 0 Å². The van der Waals surface area contributed by atoms with Crippen molar-refractivity contribution in [1.82, 2.24) is 10.2 Å². The van der Waals surface area contributed by atoms with E-state index in [4.69, 9.17) is 9.47 Å². The third-order valence-electron chi connectivity index (χ3n) is 6.26. The van der Waals surface area contributed by atoms with E-state index in [0.717, 1.165) is 25.7 Å². The summed E-state index contributed by atoms with van der Waals surface area (Å²) in [4.78, 5) is 15.0. The van der Waals surface area contributed by atoms with Crippen LogP contribution < -0.4 is 19.5 Å². The number of ether oxygens (including phenoxy) is 2. The maximum Gasteiger partial charge on any atom is 0.262 e. The molecule has 1 aliphatic carbocycles. The molecule has 0 spiro atoms. The van der Waals surface area contributed by atoms with E-state index in [-0.39, 0.29) is 16.3 Å². The molecule has 32 heavy (non-hydrogen) atoms. The van der Waals surface area contributed by atoms with Gasteiger partial charge in [-0.05, 0) is 57.3 Å². The molecule has 2 N–H and O–H groups in total. The Labute approximate surface area is 189 Å². The summed E-state index contributed by atoms with van der Waals surface area (Å²) >= 11 is 0. The first kappa shape index (κ1) is 22.4. The van der Waals surface area contributed by atoms with Crippen molar-refractivity contribution in [3.63, 3.8) is 0 Å². The van der Waals surface area contributed by atoms with Crippen LogP contribution in [0.3, 0.4) is 0 Å². The van der Waals surface area contributed by atoms with Gasteiger partial charge in [0.15, 0.2) is 11.5 Å². The van der Waals surface area contributed by atoms with Crippen LogP contribution in [0.2, 0.25) is 0 Å². The molecule has 2 aromatic carbocycles. The molecule has 1 amide bonds. The van der Waals surface area contributed by atoms with E-state index in [1.54, 1.807) is 30.3 Å². The van der Waals surface area contributed by atoms with Crippen molar-refractivity contribution in [2.75, 3.05) is 38.6 Å². The Bertz CT molecular complexity index is 1090. The molecule has 0 saturated heterocycles. The minimum atomic E-state index is -3.86. The van der Waals surface area contributed by atoms with Crippen LogP contribution in [0, 0.1) is 0 Å². The highest BCUT2D eigenvalue weighted by Gasteiger charge is 2.36. The molecular weight excluding hydrogens is 430 g/mol. The van der Waals surface area contributed by atoms with Crippen molar-refractivity contribution in [3.05, 3.63) is 48.0 Å². The monoisotopic (exact) mass is 459 g/mol. The second-order valence-electron chi connectivity index (χ2n) is 8.50. The highest BCUT2D eigenvalue weighted by atomic mass is 32.2. The second-order valence-corrected chi connectivity index (χ2v) is 10.2. The number of fused-ring (bicyclic) bond motifs is 1. The predicted molar refractivity (Wildman–Crippen MR) is 122 cm³/mol. The molecule has 1 saturated carbocycles. The van der Waals surface area contributed by atoms with Crippen molar-refractivity contribution in [2.24, 2.45) is 0 Å². The zero-order valence-electron chi connectivity index (χ0n) is 18.4. The number of carbonyl (C=O) groups excluding carboxylic acids is 1. The van der Waals surface area contributed by atoms with E-state index in [1.165, 1.54) is 12.1 Å². The standard InChI is InChI=1S/C23H29N3O5S/c1-26(2)23(10-3-4-11-23)16-24-22(27)17-6-5-7-18(14-17)25-32(28,29)19-8-9-20-21(15-19)31-13-12-30-20/h5-9,14-15,25H,3-4,10-13,16H2,1-2H3,(H,24,27). The minimum Gasteiger partial charge on any atom is -0.486 e. The molecule has 2 aliphatic rings. The summed E-state index contributed by atoms with van der Waals surface area (Å²) in [6.07, 6.45) is 4.42. The number of carbonyl (C=O) groups is 1. The number of likely N-dealkylation sites (N-methyl/N-ethyl adjacent to an activating group) is 1. The summed E-state index contributed by atoms with van der Waals surface area (Å²) < 4.78 is 39.2. The van der Waals surface area contributed by atoms with Crippen LogP contribution in [0.4, 0.5) is 5.69 Å². The van der Waals surface area contributed by atoms with Crippen molar-refractivity contribution >= 4 is 21.6 Å². The van der Waals surface area contributed by atoms with Gasteiger partial charge in [0.25, 0.3) is 15.9 Å². The van der Waals surface area contributed by atoms with E-state index in [9.17, 15) is 13.2 Å². The van der Waals surface area contributed by atoms with Crippen LogP contribution in [-0.4, -0.2) is 58.6 Å². The predicted octanol–water partition coefficient (Wildman–Crippen LogP) is 2.86. The zero-order valence-corrected chi connectivity index (χ0v) is 19.2. The molecule has 1 heterocycles. The highest BCUT2D eigenvalue weighted by molar-refractivity contribution is 7.92. The molecule has 0 aromatic heterocycles. The Morgan fingerprint density at radius 2 is 1.75 bits per heavy atom. The summed E-state index contributed by atoms with van der Waals surface area (Å²) in [6, 6.07) is 11.0. The molecule has 0 bridgehead atoms. The Morgan fingerprint density at radius 1 is 1.03 bits per heavy atom. The summed E-state index contributed by atoms with van der Waals surface area (Å²) in [7, 11) is 0.233. The van der Waals surface area contributed by atoms with E-state index in [0.29, 0.717) is 42.5 Å². The normalized spacial score (nSPS) is 17.2. The maximum absolute atomic E-state index is 12.9. The van der Waals surface area contributed by atoms with Crippen LogP contribution >= 0.6 is 0 Å². The average molecular weight is 460 g/mol. The number of anilines is 1. The van der Waals surface area contributed by atoms with Gasteiger partial charge < -0.3 is 19.7 Å². The van der Waals surface area contributed by atoms with E-state index in [1.807, 2.05) is 14.1 Å². The number of hydrogen-bond acceptors (Lipinski definition) is 6. The largest absolute Gasteiger partial charge is 0.486 e. The van der Waals surface area contributed by atoms with E-state index in [2.05, 4.69) is 14.9 Å². The lowest BCUT2D eigenvalue weighted by molar-refractivity contribution is 0.0900. The molecule has 172 valence electrons. The van der Waals surface area contributed by atoms with Gasteiger partial charge in [-0.2, -0.15) is 0 Å². The molecule has 1 fully saturated rings. The molecular formula is C23H29N3O5S. The lowest BCUT2D eigenvalue weighted by atomic mass is 9.96. The number of nitrogens with zero attached hydrogens (tertiary/aromatic N) is 1. The van der Waals surface area contributed by atoms with Crippen LogP contribution in [0.15, 0.2) is 47.4 Å². The van der Waals surface area contributed by atoms with Crippen molar-refractivity contribution in [1.29, 1.82) is 0 Å². The molecule has 8 nitrogen and oxygen atoms in total. The molecule has 0 atom stereocenters. The van der Waals surface area contributed by atoms with Gasteiger partial charge in [0.1, 0.15) is 13.2 Å². The SMILES string of the molecule is CN(C)C1(CNC(=O)c2cccc(NS(=O)(=O)c3ccc4c(c3)OCCO4)c2)CCCC1. The molecule has 9 heteroatoms. The quantitative estimate of drug-likeness (QED) is 0.661. The summed E-state index contributed by atoms with van der Waals surface area (Å²) in [5, 5.41) is 3.03. The second kappa shape index (κ2) is 8.99. The first-order valence-corrected chi connectivity index (χ1v) is 12.3. The molecule has 4 rings (SSSR count). The van der Waals surface area contributed by atoms with Gasteiger partial charge in [-0.25, -0.2) is 8.42 Å². The first-order valence-electron chi connectivity index (χ1n) is 10.8.